The van der Waals surface area contributed by atoms with Gasteiger partial charge in [-0.3, -0.25) is 0 Å². The van der Waals surface area contributed by atoms with E-state index in [2.05, 4.69) is 4.74 Å². The molecule has 0 fully saturated rings. The van der Waals surface area contributed by atoms with Gasteiger partial charge in [-0.1, -0.05) is 6.92 Å². The summed E-state index contributed by atoms with van der Waals surface area (Å²) in [6, 6.07) is 0. The lowest BCUT2D eigenvalue weighted by molar-refractivity contribution is 0.157. The Bertz CT molecular complexity index is 290. The van der Waals surface area contributed by atoms with E-state index in [-0.39, 0.29) is 26.3 Å². The highest BCUT2D eigenvalue weighted by atomic mass is 32.2. The molecule has 0 saturated carbocycles. The van der Waals surface area contributed by atoms with Crippen molar-refractivity contribution in [2.24, 2.45) is 0 Å². The number of carbonyl (C=O) groups excluding carboxylic acids is 1. The van der Waals surface area contributed by atoms with E-state index in [1.165, 1.54) is 0 Å². The summed E-state index contributed by atoms with van der Waals surface area (Å²) >= 11 is 0. The van der Waals surface area contributed by atoms with E-state index in [1.807, 2.05) is 0 Å². The van der Waals surface area contributed by atoms with Crippen LogP contribution in [0.15, 0.2) is 0 Å². The molecule has 0 aromatic carbocycles. The van der Waals surface area contributed by atoms with Crippen LogP contribution in [-0.4, -0.2) is 50.2 Å². The van der Waals surface area contributed by atoms with E-state index in [4.69, 9.17) is 5.11 Å². The van der Waals surface area contributed by atoms with Gasteiger partial charge in [0, 0.05) is 13.1 Å². The van der Waals surface area contributed by atoms with Crippen molar-refractivity contribution < 1.29 is 23.1 Å². The van der Waals surface area contributed by atoms with Crippen LogP contribution in [0.4, 0.5) is 4.79 Å². The van der Waals surface area contributed by atoms with Crippen LogP contribution in [0, 0.1) is 0 Å². The summed E-state index contributed by atoms with van der Waals surface area (Å²) in [5.74, 6) is 0. The van der Waals surface area contributed by atoms with Crippen LogP contribution >= 0.6 is 0 Å². The Balaban J connectivity index is 4.44. The lowest BCUT2D eigenvalue weighted by Gasteiger charge is -2.18. The lowest BCUT2D eigenvalue weighted by atomic mass is 10.6. The van der Waals surface area contributed by atoms with Gasteiger partial charge in [0.05, 0.1) is 13.2 Å². The molecule has 0 rings (SSSR count). The normalized spacial score (nSPS) is 11.5. The first-order valence-electron chi connectivity index (χ1n) is 4.53. The Morgan fingerprint density at radius 2 is 2.07 bits per heavy atom. The van der Waals surface area contributed by atoms with E-state index in [1.54, 1.807) is 18.6 Å². The summed E-state index contributed by atoms with van der Waals surface area (Å²) in [5, 5.41) is 8.62. The second-order valence-corrected chi connectivity index (χ2v) is 4.21. The molecule has 1 amide bonds. The zero-order chi connectivity index (χ0) is 11.9. The number of aliphatic hydroxyl groups excluding tert-OH is 1. The quantitative estimate of drug-likeness (QED) is 0.639. The van der Waals surface area contributed by atoms with Crippen molar-refractivity contribution in [3.05, 3.63) is 0 Å². The molecule has 0 aliphatic rings. The number of hydrogen-bond acceptors (Lipinski definition) is 5. The predicted molar refractivity (Wildman–Crippen MR) is 53.4 cm³/mol. The van der Waals surface area contributed by atoms with Crippen LogP contribution in [0.2, 0.25) is 0 Å². The molecule has 0 aliphatic heterocycles. The molecule has 0 unspecified atom stereocenters. The Morgan fingerprint density at radius 1 is 1.47 bits per heavy atom. The van der Waals surface area contributed by atoms with Crippen LogP contribution in [0.5, 0.6) is 0 Å². The molecule has 0 bridgehead atoms. The molecule has 0 heterocycles. The van der Waals surface area contributed by atoms with Gasteiger partial charge in [-0.15, -0.1) is 0 Å². The van der Waals surface area contributed by atoms with Crippen LogP contribution in [0.1, 0.15) is 13.8 Å². The largest absolute Gasteiger partial charge is 0.449 e. The van der Waals surface area contributed by atoms with E-state index < -0.39 is 16.3 Å². The number of nitrogens with one attached hydrogen (secondary N) is 1. The number of likely N-dealkylation sites (N-methyl/N-ethyl adjacent to an activating group) is 1. The highest BCUT2D eigenvalue weighted by Gasteiger charge is 2.22. The summed E-state index contributed by atoms with van der Waals surface area (Å²) in [4.78, 5) is 10.9. The van der Waals surface area contributed by atoms with E-state index in [0.29, 0.717) is 0 Å². The number of hydrogen-bond donors (Lipinski definition) is 2. The maximum atomic E-state index is 11.4. The van der Waals surface area contributed by atoms with Gasteiger partial charge in [0.1, 0.15) is 0 Å². The molecule has 15 heavy (non-hydrogen) atoms. The standard InChI is InChI=1S/C7H16N2O5S/c1-3-9(5-6-10)15(12,13)8-7(11)14-4-2/h10H,3-6H2,1-2H3,(H,8,11). The summed E-state index contributed by atoms with van der Waals surface area (Å²) in [6.45, 7) is 3.04. The van der Waals surface area contributed by atoms with Crippen molar-refractivity contribution >= 4 is 16.3 Å². The SMILES string of the molecule is CCOC(=O)NS(=O)(=O)N(CC)CCO. The number of amides is 1. The van der Waals surface area contributed by atoms with Gasteiger partial charge in [0.2, 0.25) is 0 Å². The first-order valence-corrected chi connectivity index (χ1v) is 5.97. The highest BCUT2D eigenvalue weighted by Crippen LogP contribution is 1.97. The van der Waals surface area contributed by atoms with Crippen LogP contribution < -0.4 is 4.72 Å². The van der Waals surface area contributed by atoms with Crippen LogP contribution in [-0.2, 0) is 14.9 Å². The first-order chi connectivity index (χ1) is 6.97. The predicted octanol–water partition coefficient (Wildman–Crippen LogP) is -0.708. The van der Waals surface area contributed by atoms with Gasteiger partial charge in [-0.25, -0.2) is 9.52 Å². The van der Waals surface area contributed by atoms with E-state index in [9.17, 15) is 13.2 Å². The van der Waals surface area contributed by atoms with Crippen molar-refractivity contribution in [2.75, 3.05) is 26.3 Å². The molecule has 2 N–H and O–H groups in total. The third kappa shape index (κ3) is 4.96. The highest BCUT2D eigenvalue weighted by molar-refractivity contribution is 7.87. The molecule has 7 nitrogen and oxygen atoms in total. The minimum absolute atomic E-state index is 0.0642. The number of ether oxygens (including phenoxy) is 1. The van der Waals surface area contributed by atoms with Crippen LogP contribution in [0.25, 0.3) is 0 Å². The second-order valence-electron chi connectivity index (χ2n) is 2.54. The maximum absolute atomic E-state index is 11.4. The third-order valence-corrected chi connectivity index (χ3v) is 3.07. The molecule has 0 aliphatic carbocycles. The fraction of sp³-hybridized carbons (Fsp3) is 0.857. The van der Waals surface area contributed by atoms with Crippen molar-refractivity contribution in [1.29, 1.82) is 0 Å². The molecule has 0 radical (unpaired) electrons. The van der Waals surface area contributed by atoms with Crippen LogP contribution in [0.3, 0.4) is 0 Å². The van der Waals surface area contributed by atoms with E-state index >= 15 is 0 Å². The average Bonchev–Trinajstić information content (AvgIpc) is 2.13. The molecular formula is C7H16N2O5S. The van der Waals surface area contributed by atoms with Gasteiger partial charge in [0.25, 0.3) is 0 Å². The second kappa shape index (κ2) is 6.59. The number of aliphatic hydroxyl groups is 1. The molecule has 8 heteroatoms. The zero-order valence-corrected chi connectivity index (χ0v) is 9.58. The summed E-state index contributed by atoms with van der Waals surface area (Å²) in [6.07, 6.45) is -1.02. The fourth-order valence-corrected chi connectivity index (χ4v) is 1.95. The van der Waals surface area contributed by atoms with Gasteiger partial charge >= 0.3 is 16.3 Å². The van der Waals surface area contributed by atoms with Crippen molar-refractivity contribution in [3.8, 4) is 0 Å². The van der Waals surface area contributed by atoms with E-state index in [0.717, 1.165) is 4.31 Å². The molecule has 0 spiro atoms. The number of carbonyl (C=O) groups is 1. The van der Waals surface area contributed by atoms with Crippen molar-refractivity contribution in [1.82, 2.24) is 9.03 Å². The monoisotopic (exact) mass is 240 g/mol. The van der Waals surface area contributed by atoms with Crippen molar-refractivity contribution in [3.63, 3.8) is 0 Å². The molecule has 0 atom stereocenters. The summed E-state index contributed by atoms with van der Waals surface area (Å²) < 4.78 is 30.0. The average molecular weight is 240 g/mol. The smallest absolute Gasteiger partial charge is 0.421 e. The topological polar surface area (TPSA) is 95.9 Å². The summed E-state index contributed by atoms with van der Waals surface area (Å²) in [7, 11) is -3.91. The zero-order valence-electron chi connectivity index (χ0n) is 8.76. The Labute approximate surface area is 89.2 Å². The van der Waals surface area contributed by atoms with Gasteiger partial charge in [-0.2, -0.15) is 12.7 Å². The molecule has 0 aromatic heterocycles. The van der Waals surface area contributed by atoms with Gasteiger partial charge in [-0.05, 0) is 6.92 Å². The minimum Gasteiger partial charge on any atom is -0.449 e. The fourth-order valence-electron chi connectivity index (χ4n) is 0.890. The minimum atomic E-state index is -3.91. The maximum Gasteiger partial charge on any atom is 0.421 e. The number of nitrogens with zero attached hydrogens (tertiary/aromatic N) is 1. The van der Waals surface area contributed by atoms with Gasteiger partial charge in [0.15, 0.2) is 0 Å². The lowest BCUT2D eigenvalue weighted by Crippen LogP contribution is -2.44. The number of rotatable bonds is 6. The molecular weight excluding hydrogens is 224 g/mol. The Kier molecular flexibility index (Phi) is 6.21. The summed E-state index contributed by atoms with van der Waals surface area (Å²) in [5.41, 5.74) is 0. The molecule has 90 valence electrons. The Hall–Kier alpha value is -0.860. The van der Waals surface area contributed by atoms with Gasteiger partial charge < -0.3 is 9.84 Å². The van der Waals surface area contributed by atoms with Crippen molar-refractivity contribution in [2.45, 2.75) is 13.8 Å². The molecule has 0 aromatic rings. The molecule has 0 saturated heterocycles. The Morgan fingerprint density at radius 3 is 2.47 bits per heavy atom. The first kappa shape index (κ1) is 14.1. The third-order valence-electron chi connectivity index (χ3n) is 1.53.